The third kappa shape index (κ3) is 3.88. The lowest BCUT2D eigenvalue weighted by Gasteiger charge is -2.35. The highest BCUT2D eigenvalue weighted by molar-refractivity contribution is 5.94. The smallest absolute Gasteiger partial charge is 0.255 e. The molecule has 0 unspecified atom stereocenters. The molecule has 2 saturated heterocycles. The normalized spacial score (nSPS) is 17.6. The van der Waals surface area contributed by atoms with Crippen LogP contribution in [0.4, 0.5) is 11.8 Å². The van der Waals surface area contributed by atoms with Gasteiger partial charge in [-0.1, -0.05) is 0 Å². The summed E-state index contributed by atoms with van der Waals surface area (Å²) in [5.74, 6) is 1.54. The number of aromatic nitrogens is 3. The first-order chi connectivity index (χ1) is 13.7. The van der Waals surface area contributed by atoms with Crippen molar-refractivity contribution in [1.29, 1.82) is 0 Å². The molecule has 4 heterocycles. The summed E-state index contributed by atoms with van der Waals surface area (Å²) in [6, 6.07) is 5.52. The monoisotopic (exact) mass is 381 g/mol. The lowest BCUT2D eigenvalue weighted by Crippen LogP contribution is -2.49. The van der Waals surface area contributed by atoms with Crippen LogP contribution in [-0.2, 0) is 4.79 Å². The highest BCUT2D eigenvalue weighted by atomic mass is 16.2. The summed E-state index contributed by atoms with van der Waals surface area (Å²) in [6.07, 6.45) is 5.99. The molecule has 2 fully saturated rings. The van der Waals surface area contributed by atoms with Crippen molar-refractivity contribution in [2.45, 2.75) is 0 Å². The van der Waals surface area contributed by atoms with Crippen molar-refractivity contribution in [3.63, 3.8) is 0 Å². The summed E-state index contributed by atoms with van der Waals surface area (Å²) in [5.41, 5.74) is 0.597. The molecule has 0 radical (unpaired) electrons. The van der Waals surface area contributed by atoms with Crippen molar-refractivity contribution in [3.05, 3.63) is 42.4 Å². The first kappa shape index (κ1) is 18.1. The number of hydrogen-bond acceptors (Lipinski definition) is 7. The van der Waals surface area contributed by atoms with Crippen LogP contribution in [0.25, 0.3) is 0 Å². The number of amides is 2. The van der Waals surface area contributed by atoms with E-state index in [9.17, 15) is 9.59 Å². The molecule has 2 aromatic rings. The van der Waals surface area contributed by atoms with Crippen LogP contribution in [0.1, 0.15) is 10.4 Å². The number of nitrogens with zero attached hydrogens (tertiary/aromatic N) is 7. The maximum Gasteiger partial charge on any atom is 0.255 e. The Morgan fingerprint density at radius 2 is 1.54 bits per heavy atom. The van der Waals surface area contributed by atoms with Gasteiger partial charge in [0.1, 0.15) is 5.82 Å². The fraction of sp³-hybridized carbons (Fsp3) is 0.421. The van der Waals surface area contributed by atoms with E-state index in [0.29, 0.717) is 50.8 Å². The number of pyridine rings is 1. The van der Waals surface area contributed by atoms with Gasteiger partial charge in [0, 0.05) is 70.9 Å². The van der Waals surface area contributed by atoms with Crippen LogP contribution in [0, 0.1) is 0 Å². The molecule has 0 spiro atoms. The summed E-state index contributed by atoms with van der Waals surface area (Å²) in [7, 11) is 0. The largest absolute Gasteiger partial charge is 0.353 e. The van der Waals surface area contributed by atoms with Crippen molar-refractivity contribution >= 4 is 24.1 Å². The molecule has 146 valence electrons. The summed E-state index contributed by atoms with van der Waals surface area (Å²) < 4.78 is 0. The van der Waals surface area contributed by atoms with Gasteiger partial charge in [0.25, 0.3) is 5.91 Å². The van der Waals surface area contributed by atoms with E-state index in [0.717, 1.165) is 25.3 Å². The molecule has 0 aromatic carbocycles. The minimum atomic E-state index is -0.00143. The molecule has 2 amide bonds. The molecule has 9 heteroatoms. The van der Waals surface area contributed by atoms with E-state index in [2.05, 4.69) is 24.8 Å². The number of carbonyl (C=O) groups excluding carboxylic acids is 2. The van der Waals surface area contributed by atoms with Crippen LogP contribution in [0.3, 0.4) is 0 Å². The predicted octanol–water partition coefficient (Wildman–Crippen LogP) is 0.112. The minimum Gasteiger partial charge on any atom is -0.353 e. The average molecular weight is 381 g/mol. The van der Waals surface area contributed by atoms with Crippen LogP contribution in [0.5, 0.6) is 0 Å². The van der Waals surface area contributed by atoms with Gasteiger partial charge in [-0.3, -0.25) is 9.59 Å². The van der Waals surface area contributed by atoms with E-state index in [4.69, 9.17) is 0 Å². The van der Waals surface area contributed by atoms with Crippen LogP contribution in [0.15, 0.2) is 36.8 Å². The zero-order valence-electron chi connectivity index (χ0n) is 15.6. The SMILES string of the molecule is O=CN1CCN(c2ccc(C(=O)N3CCN(c4ncccn4)CC3)cn2)CC1. The Labute approximate surface area is 163 Å². The van der Waals surface area contributed by atoms with Gasteiger partial charge in [-0.2, -0.15) is 0 Å². The van der Waals surface area contributed by atoms with E-state index in [1.807, 2.05) is 17.0 Å². The Morgan fingerprint density at radius 1 is 0.857 bits per heavy atom. The van der Waals surface area contributed by atoms with E-state index < -0.39 is 0 Å². The molecule has 2 aliphatic heterocycles. The second-order valence-electron chi connectivity index (χ2n) is 6.86. The van der Waals surface area contributed by atoms with Crippen molar-refractivity contribution in [3.8, 4) is 0 Å². The predicted molar refractivity (Wildman–Crippen MR) is 104 cm³/mol. The van der Waals surface area contributed by atoms with Gasteiger partial charge >= 0.3 is 0 Å². The Kier molecular flexibility index (Phi) is 5.31. The Hall–Kier alpha value is -3.23. The third-order valence-corrected chi connectivity index (χ3v) is 5.18. The maximum absolute atomic E-state index is 12.8. The Balaban J connectivity index is 1.33. The lowest BCUT2D eigenvalue weighted by atomic mass is 10.2. The molecule has 0 N–H and O–H groups in total. The molecule has 0 saturated carbocycles. The molecule has 4 rings (SSSR count). The zero-order chi connectivity index (χ0) is 19.3. The maximum atomic E-state index is 12.8. The van der Waals surface area contributed by atoms with Crippen molar-refractivity contribution in [1.82, 2.24) is 24.8 Å². The van der Waals surface area contributed by atoms with Gasteiger partial charge in [-0.25, -0.2) is 15.0 Å². The lowest BCUT2D eigenvalue weighted by molar-refractivity contribution is -0.118. The standard InChI is InChI=1S/C19H23N7O2/c27-15-23-6-8-24(9-7-23)17-3-2-16(14-22-17)18(28)25-10-12-26(13-11-25)19-20-4-1-5-21-19/h1-5,14-15H,6-13H2. The molecule has 0 bridgehead atoms. The molecular weight excluding hydrogens is 358 g/mol. The van der Waals surface area contributed by atoms with Crippen LogP contribution < -0.4 is 9.80 Å². The van der Waals surface area contributed by atoms with Crippen LogP contribution in [-0.4, -0.2) is 89.4 Å². The van der Waals surface area contributed by atoms with Crippen molar-refractivity contribution in [2.24, 2.45) is 0 Å². The van der Waals surface area contributed by atoms with E-state index in [1.54, 1.807) is 29.6 Å². The highest BCUT2D eigenvalue weighted by Gasteiger charge is 2.24. The number of carbonyl (C=O) groups is 2. The second-order valence-corrected chi connectivity index (χ2v) is 6.86. The summed E-state index contributed by atoms with van der Waals surface area (Å²) in [5, 5.41) is 0. The van der Waals surface area contributed by atoms with Gasteiger partial charge in [0.2, 0.25) is 12.4 Å². The number of piperazine rings is 2. The quantitative estimate of drug-likeness (QED) is 0.695. The molecule has 0 aliphatic carbocycles. The molecule has 0 atom stereocenters. The highest BCUT2D eigenvalue weighted by Crippen LogP contribution is 2.16. The first-order valence-electron chi connectivity index (χ1n) is 9.46. The molecule has 2 aliphatic rings. The molecule has 9 nitrogen and oxygen atoms in total. The van der Waals surface area contributed by atoms with E-state index >= 15 is 0 Å². The Morgan fingerprint density at radius 3 is 2.14 bits per heavy atom. The number of anilines is 2. The molecule has 28 heavy (non-hydrogen) atoms. The average Bonchev–Trinajstić information content (AvgIpc) is 2.79. The van der Waals surface area contributed by atoms with Gasteiger partial charge in [-0.05, 0) is 18.2 Å². The first-order valence-corrected chi connectivity index (χ1v) is 9.46. The number of hydrogen-bond donors (Lipinski definition) is 0. The molecule has 2 aromatic heterocycles. The van der Waals surface area contributed by atoms with Gasteiger partial charge in [0.05, 0.1) is 5.56 Å². The summed E-state index contributed by atoms with van der Waals surface area (Å²) >= 11 is 0. The van der Waals surface area contributed by atoms with Crippen LogP contribution in [0.2, 0.25) is 0 Å². The van der Waals surface area contributed by atoms with E-state index in [-0.39, 0.29) is 5.91 Å². The van der Waals surface area contributed by atoms with Crippen LogP contribution >= 0.6 is 0 Å². The third-order valence-electron chi connectivity index (χ3n) is 5.18. The summed E-state index contributed by atoms with van der Waals surface area (Å²) in [6.45, 7) is 5.58. The van der Waals surface area contributed by atoms with Gasteiger partial charge in [-0.15, -0.1) is 0 Å². The molecular formula is C19H23N7O2. The van der Waals surface area contributed by atoms with Gasteiger partial charge < -0.3 is 19.6 Å². The second kappa shape index (κ2) is 8.20. The van der Waals surface area contributed by atoms with Crippen molar-refractivity contribution < 1.29 is 9.59 Å². The number of rotatable bonds is 4. The van der Waals surface area contributed by atoms with Crippen molar-refractivity contribution in [2.75, 3.05) is 62.2 Å². The topological polar surface area (TPSA) is 85.8 Å². The zero-order valence-corrected chi connectivity index (χ0v) is 15.6. The van der Waals surface area contributed by atoms with E-state index in [1.165, 1.54) is 0 Å². The summed E-state index contributed by atoms with van der Waals surface area (Å²) in [4.78, 5) is 44.4. The van der Waals surface area contributed by atoms with Gasteiger partial charge in [0.15, 0.2) is 0 Å². The minimum absolute atomic E-state index is 0.00143. The Bertz CT molecular complexity index is 799. The fourth-order valence-corrected chi connectivity index (χ4v) is 3.50. The fourth-order valence-electron chi connectivity index (χ4n) is 3.50.